The number of hydrogen-bond donors (Lipinski definition) is 1. The third-order valence-corrected chi connectivity index (χ3v) is 6.09. The van der Waals surface area contributed by atoms with Crippen LogP contribution in [0, 0.1) is 17.8 Å². The van der Waals surface area contributed by atoms with Crippen LogP contribution >= 0.6 is 0 Å². The third kappa shape index (κ3) is 1.63. The van der Waals surface area contributed by atoms with Crippen LogP contribution in [0.4, 0.5) is 4.79 Å². The van der Waals surface area contributed by atoms with Crippen LogP contribution in [0.1, 0.15) is 20.3 Å². The van der Waals surface area contributed by atoms with Crippen molar-refractivity contribution < 1.29 is 23.9 Å². The fourth-order valence-corrected chi connectivity index (χ4v) is 4.77. The van der Waals surface area contributed by atoms with Crippen molar-refractivity contribution >= 4 is 17.7 Å². The van der Waals surface area contributed by atoms with Crippen LogP contribution in [0.15, 0.2) is 22.4 Å². The Kier molecular flexibility index (Phi) is 3.01. The summed E-state index contributed by atoms with van der Waals surface area (Å²) in [6, 6.07) is 0. The number of methoxy groups -OCH3 is 1. The van der Waals surface area contributed by atoms with Crippen molar-refractivity contribution in [2.45, 2.75) is 26.0 Å². The van der Waals surface area contributed by atoms with Crippen molar-refractivity contribution in [2.75, 3.05) is 20.3 Å². The minimum absolute atomic E-state index is 0.0624. The van der Waals surface area contributed by atoms with E-state index in [2.05, 4.69) is 0 Å². The Hall–Kier alpha value is -2.15. The van der Waals surface area contributed by atoms with Gasteiger partial charge in [-0.25, -0.2) is 4.79 Å². The van der Waals surface area contributed by atoms with Gasteiger partial charge in [0, 0.05) is 36.3 Å². The maximum Gasteiger partial charge on any atom is 0.404 e. The van der Waals surface area contributed by atoms with Crippen LogP contribution in [0.25, 0.3) is 0 Å². The molecule has 2 fully saturated rings. The lowest BCUT2D eigenvalue weighted by Gasteiger charge is -2.40. The van der Waals surface area contributed by atoms with E-state index in [4.69, 9.17) is 15.2 Å². The number of nitrogens with two attached hydrogens (primary N) is 1. The number of amides is 1. The van der Waals surface area contributed by atoms with Gasteiger partial charge in [-0.1, -0.05) is 0 Å². The van der Waals surface area contributed by atoms with Gasteiger partial charge in [-0.3, -0.25) is 9.59 Å². The molecule has 1 saturated heterocycles. The zero-order valence-electron chi connectivity index (χ0n) is 13.9. The molecule has 2 heterocycles. The maximum atomic E-state index is 12.9. The summed E-state index contributed by atoms with van der Waals surface area (Å²) in [4.78, 5) is 38.8. The fraction of sp³-hybridized carbons (Fsp3) is 0.588. The zero-order chi connectivity index (χ0) is 17.4. The van der Waals surface area contributed by atoms with Gasteiger partial charge in [-0.15, -0.1) is 0 Å². The number of carbonyl (C=O) groups excluding carboxylic acids is 3. The van der Waals surface area contributed by atoms with Gasteiger partial charge in [0.25, 0.3) is 0 Å². The van der Waals surface area contributed by atoms with Crippen molar-refractivity contribution in [3.8, 4) is 0 Å². The van der Waals surface area contributed by atoms with Gasteiger partial charge in [0.15, 0.2) is 11.5 Å². The Labute approximate surface area is 139 Å². The molecular weight excluding hydrogens is 312 g/mol. The molecule has 4 atom stereocenters. The Morgan fingerprint density at radius 2 is 1.96 bits per heavy atom. The average Bonchev–Trinajstić information content (AvgIpc) is 3.16. The summed E-state index contributed by atoms with van der Waals surface area (Å²) in [6.45, 7) is 3.97. The van der Waals surface area contributed by atoms with E-state index < -0.39 is 17.7 Å². The molecule has 7 nitrogen and oxygen atoms in total. The predicted molar refractivity (Wildman–Crippen MR) is 82.5 cm³/mol. The smallest absolute Gasteiger partial charge is 0.404 e. The second-order valence-corrected chi connectivity index (χ2v) is 7.02. The first-order chi connectivity index (χ1) is 11.3. The van der Waals surface area contributed by atoms with Gasteiger partial charge in [0.2, 0.25) is 5.78 Å². The Morgan fingerprint density at radius 3 is 2.58 bits per heavy atom. The van der Waals surface area contributed by atoms with Gasteiger partial charge in [-0.2, -0.15) is 0 Å². The molecule has 2 N–H and O–H groups in total. The number of ketones is 2. The minimum Gasteiger partial charge on any atom is -0.449 e. The summed E-state index contributed by atoms with van der Waals surface area (Å²) < 4.78 is 11.0. The third-order valence-electron chi connectivity index (χ3n) is 6.09. The second-order valence-electron chi connectivity index (χ2n) is 7.02. The Morgan fingerprint density at radius 1 is 1.29 bits per heavy atom. The zero-order valence-corrected chi connectivity index (χ0v) is 13.9. The summed E-state index contributed by atoms with van der Waals surface area (Å²) >= 11 is 0. The molecule has 0 aromatic heterocycles. The van der Waals surface area contributed by atoms with E-state index in [1.807, 2.05) is 4.90 Å². The quantitative estimate of drug-likeness (QED) is 0.766. The topological polar surface area (TPSA) is 98.9 Å². The molecule has 0 aromatic carbocycles. The number of allylic oxidation sites excluding steroid dienone is 2. The number of nitrogens with zero attached hydrogens (tertiary/aromatic N) is 1. The van der Waals surface area contributed by atoms with Crippen molar-refractivity contribution in [2.24, 2.45) is 23.5 Å². The van der Waals surface area contributed by atoms with Crippen molar-refractivity contribution in [3.63, 3.8) is 0 Å². The van der Waals surface area contributed by atoms with Gasteiger partial charge in [0.1, 0.15) is 6.61 Å². The number of rotatable bonds is 3. The SMILES string of the molecule is CO[C@@]12[C@H](COC(N)=O)C3=C(C(=O)C(C)=C(C)C3=O)N1C[C@@H]1C[C@@H]12. The van der Waals surface area contributed by atoms with Crippen LogP contribution in [0.2, 0.25) is 0 Å². The van der Waals surface area contributed by atoms with Crippen molar-refractivity contribution in [1.29, 1.82) is 0 Å². The first kappa shape index (κ1) is 15.4. The highest BCUT2D eigenvalue weighted by Gasteiger charge is 2.72. The highest BCUT2D eigenvalue weighted by atomic mass is 16.6. The van der Waals surface area contributed by atoms with Crippen LogP contribution < -0.4 is 5.73 Å². The maximum absolute atomic E-state index is 12.9. The van der Waals surface area contributed by atoms with E-state index in [0.717, 1.165) is 6.42 Å². The summed E-state index contributed by atoms with van der Waals surface area (Å²) in [6.07, 6.45) is 0.0939. The average molecular weight is 332 g/mol. The first-order valence-corrected chi connectivity index (χ1v) is 8.10. The lowest BCUT2D eigenvalue weighted by molar-refractivity contribution is -0.146. The highest BCUT2D eigenvalue weighted by Crippen LogP contribution is 2.65. The number of primary amides is 1. The monoisotopic (exact) mass is 332 g/mol. The van der Waals surface area contributed by atoms with Crippen LogP contribution in [-0.4, -0.2) is 48.5 Å². The largest absolute Gasteiger partial charge is 0.449 e. The summed E-state index contributed by atoms with van der Waals surface area (Å²) in [5.41, 5.74) is 6.09. The summed E-state index contributed by atoms with van der Waals surface area (Å²) in [5, 5.41) is 0. The molecule has 1 saturated carbocycles. The van der Waals surface area contributed by atoms with Crippen LogP contribution in [0.3, 0.4) is 0 Å². The van der Waals surface area contributed by atoms with Gasteiger partial charge < -0.3 is 20.1 Å². The molecule has 1 amide bonds. The first-order valence-electron chi connectivity index (χ1n) is 8.10. The molecule has 4 aliphatic rings. The molecule has 2 aliphatic carbocycles. The number of hydrogen-bond acceptors (Lipinski definition) is 6. The molecule has 0 spiro atoms. The Bertz CT molecular complexity index is 752. The Balaban J connectivity index is 1.85. The number of piperidine rings is 1. The van der Waals surface area contributed by atoms with E-state index in [-0.39, 0.29) is 24.1 Å². The molecular formula is C17H20N2O5. The molecule has 2 aliphatic heterocycles. The van der Waals surface area contributed by atoms with E-state index in [9.17, 15) is 14.4 Å². The molecule has 24 heavy (non-hydrogen) atoms. The van der Waals surface area contributed by atoms with E-state index in [1.165, 1.54) is 0 Å². The van der Waals surface area contributed by atoms with Gasteiger partial charge in [0.05, 0.1) is 11.6 Å². The molecule has 4 rings (SSSR count). The number of fused-ring (bicyclic) bond motifs is 4. The molecule has 0 aromatic rings. The lowest BCUT2D eigenvalue weighted by Crippen LogP contribution is -2.51. The standard InChI is InChI=1S/C17H20N2O5/c1-7-8(2)15(21)13-12(14(7)20)11(6-24-16(18)22)17(23-3)10-4-9(10)5-19(13)17/h9-11H,4-6H2,1-3H3,(H2,18,22)/t9-,10-,11+,17-/m0/s1. The molecule has 0 unspecified atom stereocenters. The van der Waals surface area contributed by atoms with Crippen LogP contribution in [0.5, 0.6) is 0 Å². The summed E-state index contributed by atoms with van der Waals surface area (Å²) in [7, 11) is 1.59. The number of Topliss-reactive ketones (excluding diaryl/α,β-unsaturated/α-hetero) is 2. The summed E-state index contributed by atoms with van der Waals surface area (Å²) in [5.74, 6) is -0.113. The highest BCUT2D eigenvalue weighted by molar-refractivity contribution is 6.25. The number of ether oxygens (including phenoxy) is 2. The second kappa shape index (κ2) is 4.69. The normalized spacial score (nSPS) is 36.8. The predicted octanol–water partition coefficient (Wildman–Crippen LogP) is 0.748. The van der Waals surface area contributed by atoms with Gasteiger partial charge >= 0.3 is 6.09 Å². The fourth-order valence-electron chi connectivity index (χ4n) is 4.77. The molecule has 0 bridgehead atoms. The minimum atomic E-state index is -0.898. The van der Waals surface area contributed by atoms with Crippen molar-refractivity contribution in [3.05, 3.63) is 22.4 Å². The molecule has 128 valence electrons. The van der Waals surface area contributed by atoms with Gasteiger partial charge in [-0.05, 0) is 26.2 Å². The van der Waals surface area contributed by atoms with Crippen LogP contribution in [-0.2, 0) is 19.1 Å². The van der Waals surface area contributed by atoms with E-state index >= 15 is 0 Å². The van der Waals surface area contributed by atoms with E-state index in [1.54, 1.807) is 21.0 Å². The lowest BCUT2D eigenvalue weighted by atomic mass is 9.80. The number of carbonyl (C=O) groups is 3. The van der Waals surface area contributed by atoms with Crippen molar-refractivity contribution in [1.82, 2.24) is 4.90 Å². The molecule has 0 radical (unpaired) electrons. The van der Waals surface area contributed by atoms with E-state index in [0.29, 0.717) is 34.9 Å². The molecule has 7 heteroatoms.